The summed E-state index contributed by atoms with van der Waals surface area (Å²) in [6.07, 6.45) is 0. The van der Waals surface area contributed by atoms with Crippen molar-refractivity contribution in [2.75, 3.05) is 23.8 Å². The molecule has 1 atom stereocenters. The minimum atomic E-state index is 0.809. The number of halogens is 1. The third-order valence-corrected chi connectivity index (χ3v) is 7.45. The van der Waals surface area contributed by atoms with Crippen LogP contribution < -0.4 is 5.32 Å². The highest BCUT2D eigenvalue weighted by molar-refractivity contribution is 9.10. The summed E-state index contributed by atoms with van der Waals surface area (Å²) in [5.41, 5.74) is 0. The van der Waals surface area contributed by atoms with E-state index in [1.54, 1.807) is 0 Å². The number of thiophene rings is 1. The normalized spacial score (nSPS) is 21.2. The molecule has 0 aliphatic carbocycles. The molecule has 0 bridgehead atoms. The average molecular weight is 338 g/mol. The Morgan fingerprint density at radius 1 is 1.50 bits per heavy atom. The molecule has 1 fully saturated rings. The molecule has 0 aromatic carbocycles. The molecule has 16 heavy (non-hydrogen) atoms. The second kappa shape index (κ2) is 6.69. The van der Waals surface area contributed by atoms with E-state index in [9.17, 15) is 0 Å². The summed E-state index contributed by atoms with van der Waals surface area (Å²) in [6, 6.07) is 2.23. The van der Waals surface area contributed by atoms with Gasteiger partial charge in [-0.25, -0.2) is 0 Å². The lowest BCUT2D eigenvalue weighted by Gasteiger charge is -2.20. The van der Waals surface area contributed by atoms with Gasteiger partial charge in [0, 0.05) is 49.8 Å². The molecule has 0 radical (unpaired) electrons. The van der Waals surface area contributed by atoms with Crippen molar-refractivity contribution < 1.29 is 0 Å². The van der Waals surface area contributed by atoms with Gasteiger partial charge in [-0.15, -0.1) is 11.3 Å². The maximum atomic E-state index is 3.57. The molecule has 2 heterocycles. The zero-order valence-electron chi connectivity index (χ0n) is 9.29. The molecule has 0 saturated carbocycles. The summed E-state index contributed by atoms with van der Waals surface area (Å²) in [5.74, 6) is 3.96. The van der Waals surface area contributed by atoms with Gasteiger partial charge in [0.05, 0.1) is 0 Å². The van der Waals surface area contributed by atoms with E-state index in [-0.39, 0.29) is 0 Å². The molecule has 1 aromatic rings. The number of hydrogen-bond donors (Lipinski definition) is 1. The van der Waals surface area contributed by atoms with Gasteiger partial charge in [0.1, 0.15) is 0 Å². The lowest BCUT2D eigenvalue weighted by Crippen LogP contribution is -2.28. The largest absolute Gasteiger partial charge is 0.311 e. The Kier molecular flexibility index (Phi) is 5.55. The van der Waals surface area contributed by atoms with Gasteiger partial charge in [-0.1, -0.05) is 0 Å². The number of nitrogens with one attached hydrogen (secondary N) is 1. The van der Waals surface area contributed by atoms with Crippen LogP contribution >= 0.6 is 50.8 Å². The summed E-state index contributed by atoms with van der Waals surface area (Å²) >= 11 is 9.65. The predicted molar refractivity (Wildman–Crippen MR) is 82.0 cm³/mol. The maximum Gasteiger partial charge on any atom is 0.0314 e. The van der Waals surface area contributed by atoms with E-state index in [2.05, 4.69) is 57.8 Å². The molecule has 0 amide bonds. The van der Waals surface area contributed by atoms with Crippen molar-refractivity contribution in [3.05, 3.63) is 20.3 Å². The van der Waals surface area contributed by atoms with Crippen molar-refractivity contribution in [2.45, 2.75) is 18.7 Å². The van der Waals surface area contributed by atoms with Crippen LogP contribution in [0.4, 0.5) is 0 Å². The standard InChI is InChI=1S/C11H16BrNS3/c1-8-11(12)4-9(16-8)5-13-6-10-7-14-2-3-15-10/h4,10,13H,2-3,5-7H2,1H3. The number of thioether (sulfide) groups is 2. The molecule has 1 aliphatic rings. The van der Waals surface area contributed by atoms with Crippen LogP contribution in [0.15, 0.2) is 10.5 Å². The van der Waals surface area contributed by atoms with Crippen molar-refractivity contribution in [1.82, 2.24) is 5.32 Å². The van der Waals surface area contributed by atoms with Gasteiger partial charge in [0.2, 0.25) is 0 Å². The summed E-state index contributed by atoms with van der Waals surface area (Å²) in [6.45, 7) is 4.32. The molecular formula is C11H16BrNS3. The van der Waals surface area contributed by atoms with Crippen molar-refractivity contribution in [3.8, 4) is 0 Å². The van der Waals surface area contributed by atoms with Gasteiger partial charge in [-0.3, -0.25) is 0 Å². The number of rotatable bonds is 4. The fourth-order valence-electron chi connectivity index (χ4n) is 1.62. The zero-order chi connectivity index (χ0) is 11.4. The third kappa shape index (κ3) is 3.95. The van der Waals surface area contributed by atoms with E-state index >= 15 is 0 Å². The zero-order valence-corrected chi connectivity index (χ0v) is 13.3. The molecular weight excluding hydrogens is 322 g/mol. The lowest BCUT2D eigenvalue weighted by molar-refractivity contribution is 0.693. The van der Waals surface area contributed by atoms with E-state index in [0.29, 0.717) is 0 Å². The van der Waals surface area contributed by atoms with Crippen molar-refractivity contribution in [1.29, 1.82) is 0 Å². The Hall–Kier alpha value is 0.840. The fourth-order valence-corrected chi connectivity index (χ4v) is 5.83. The van der Waals surface area contributed by atoms with Crippen LogP contribution in [0.25, 0.3) is 0 Å². The summed E-state index contributed by atoms with van der Waals surface area (Å²) in [5, 5.41) is 4.38. The van der Waals surface area contributed by atoms with E-state index in [4.69, 9.17) is 0 Å². The Morgan fingerprint density at radius 2 is 2.38 bits per heavy atom. The highest BCUT2D eigenvalue weighted by atomic mass is 79.9. The van der Waals surface area contributed by atoms with Crippen LogP contribution in [0.2, 0.25) is 0 Å². The first-order valence-electron chi connectivity index (χ1n) is 5.40. The maximum absolute atomic E-state index is 3.57. The SMILES string of the molecule is Cc1sc(CNCC2CSCCS2)cc1Br. The Morgan fingerprint density at radius 3 is 3.00 bits per heavy atom. The summed E-state index contributed by atoms with van der Waals surface area (Å²) < 4.78 is 1.25. The molecule has 1 saturated heterocycles. The molecule has 1 nitrogen and oxygen atoms in total. The molecule has 1 N–H and O–H groups in total. The van der Waals surface area contributed by atoms with Crippen molar-refractivity contribution in [2.24, 2.45) is 0 Å². The Bertz CT molecular complexity index is 314. The average Bonchev–Trinajstić information content (AvgIpc) is 2.60. The topological polar surface area (TPSA) is 12.0 Å². The summed E-state index contributed by atoms with van der Waals surface area (Å²) in [7, 11) is 0. The van der Waals surface area contributed by atoms with Crippen LogP contribution in [0.3, 0.4) is 0 Å². The molecule has 90 valence electrons. The van der Waals surface area contributed by atoms with Crippen molar-refractivity contribution >= 4 is 50.8 Å². The highest BCUT2D eigenvalue weighted by Crippen LogP contribution is 2.26. The quantitative estimate of drug-likeness (QED) is 0.898. The van der Waals surface area contributed by atoms with Crippen LogP contribution in [0.1, 0.15) is 9.75 Å². The monoisotopic (exact) mass is 337 g/mol. The Labute approximate surface area is 118 Å². The first-order valence-corrected chi connectivity index (χ1v) is 9.22. The first kappa shape index (κ1) is 13.3. The van der Waals surface area contributed by atoms with Gasteiger partial charge in [0.15, 0.2) is 0 Å². The second-order valence-electron chi connectivity index (χ2n) is 3.82. The molecule has 5 heteroatoms. The Balaban J connectivity index is 1.71. The van der Waals surface area contributed by atoms with E-state index in [0.717, 1.165) is 18.3 Å². The smallest absolute Gasteiger partial charge is 0.0314 e. The van der Waals surface area contributed by atoms with Gasteiger partial charge in [0.25, 0.3) is 0 Å². The molecule has 0 spiro atoms. The number of hydrogen-bond acceptors (Lipinski definition) is 4. The molecule has 2 rings (SSSR count). The van der Waals surface area contributed by atoms with Gasteiger partial charge in [-0.05, 0) is 28.9 Å². The minimum absolute atomic E-state index is 0.809. The van der Waals surface area contributed by atoms with Gasteiger partial charge in [-0.2, -0.15) is 23.5 Å². The lowest BCUT2D eigenvalue weighted by atomic mass is 10.4. The van der Waals surface area contributed by atoms with E-state index in [1.165, 1.54) is 31.5 Å². The van der Waals surface area contributed by atoms with Crippen LogP contribution in [0.5, 0.6) is 0 Å². The second-order valence-corrected chi connectivity index (χ2v) is 8.57. The van der Waals surface area contributed by atoms with E-state index < -0.39 is 0 Å². The van der Waals surface area contributed by atoms with Gasteiger partial charge < -0.3 is 5.32 Å². The molecule has 1 unspecified atom stereocenters. The van der Waals surface area contributed by atoms with E-state index in [1.807, 2.05) is 11.3 Å². The summed E-state index contributed by atoms with van der Waals surface area (Å²) in [4.78, 5) is 2.80. The number of aryl methyl sites for hydroxylation is 1. The van der Waals surface area contributed by atoms with Crippen LogP contribution in [0, 0.1) is 6.92 Å². The molecule has 1 aromatic heterocycles. The molecule has 1 aliphatic heterocycles. The third-order valence-electron chi connectivity index (χ3n) is 2.46. The van der Waals surface area contributed by atoms with Crippen LogP contribution in [-0.2, 0) is 6.54 Å². The van der Waals surface area contributed by atoms with Crippen molar-refractivity contribution in [3.63, 3.8) is 0 Å². The highest BCUT2D eigenvalue weighted by Gasteiger charge is 2.13. The fraction of sp³-hybridized carbons (Fsp3) is 0.636. The minimum Gasteiger partial charge on any atom is -0.311 e. The first-order chi connectivity index (χ1) is 7.75. The van der Waals surface area contributed by atoms with Gasteiger partial charge >= 0.3 is 0 Å². The van der Waals surface area contributed by atoms with Crippen LogP contribution in [-0.4, -0.2) is 29.1 Å². The predicted octanol–water partition coefficient (Wildman–Crippen LogP) is 3.76.